The van der Waals surface area contributed by atoms with E-state index in [0.717, 1.165) is 37.7 Å². The second-order valence-corrected chi connectivity index (χ2v) is 3.46. The Morgan fingerprint density at radius 2 is 2.08 bits per heavy atom. The zero-order chi connectivity index (χ0) is 8.81. The molecule has 0 bridgehead atoms. The molecular formula is C8H17N3S. The van der Waals surface area contributed by atoms with Crippen LogP contribution in [0.5, 0.6) is 0 Å². The Kier molecular flexibility index (Phi) is 4.32. The van der Waals surface area contributed by atoms with Crippen LogP contribution in [0.4, 0.5) is 0 Å². The number of hydrogen-bond donors (Lipinski definition) is 2. The first-order valence-electron chi connectivity index (χ1n) is 4.57. The molecule has 1 heterocycles. The van der Waals surface area contributed by atoms with E-state index in [1.807, 2.05) is 0 Å². The number of hydrogen-bond acceptors (Lipinski definition) is 2. The van der Waals surface area contributed by atoms with Gasteiger partial charge in [-0.3, -0.25) is 0 Å². The van der Waals surface area contributed by atoms with Crippen LogP contribution >= 0.6 is 12.2 Å². The van der Waals surface area contributed by atoms with E-state index in [2.05, 4.69) is 10.2 Å². The maximum Gasteiger partial charge on any atom is 0.168 e. The molecule has 70 valence electrons. The smallest absolute Gasteiger partial charge is 0.168 e. The number of likely N-dealkylation sites (tertiary alicyclic amines) is 1. The van der Waals surface area contributed by atoms with Crippen LogP contribution < -0.4 is 11.1 Å². The molecule has 4 heteroatoms. The molecule has 0 radical (unpaired) electrons. The van der Waals surface area contributed by atoms with Crippen LogP contribution in [0.25, 0.3) is 0 Å². The first kappa shape index (κ1) is 9.74. The van der Waals surface area contributed by atoms with Gasteiger partial charge >= 0.3 is 0 Å². The minimum absolute atomic E-state index is 0.732. The number of nitrogens with two attached hydrogens (primary N) is 1. The van der Waals surface area contributed by atoms with E-state index < -0.39 is 0 Å². The molecule has 0 aromatic rings. The lowest BCUT2D eigenvalue weighted by molar-refractivity contribution is 0.505. The van der Waals surface area contributed by atoms with Crippen LogP contribution in [0.2, 0.25) is 0 Å². The Morgan fingerprint density at radius 3 is 2.67 bits per heavy atom. The normalized spacial score (nSPS) is 16.6. The van der Waals surface area contributed by atoms with Gasteiger partial charge in [0.25, 0.3) is 0 Å². The molecule has 1 fully saturated rings. The van der Waals surface area contributed by atoms with Crippen LogP contribution in [0.1, 0.15) is 19.3 Å². The summed E-state index contributed by atoms with van der Waals surface area (Å²) in [5.41, 5.74) is 5.37. The third-order valence-electron chi connectivity index (χ3n) is 2.05. The van der Waals surface area contributed by atoms with Crippen LogP contribution in [-0.2, 0) is 0 Å². The third kappa shape index (κ3) is 2.95. The van der Waals surface area contributed by atoms with Gasteiger partial charge in [-0.1, -0.05) is 0 Å². The Labute approximate surface area is 79.3 Å². The summed E-state index contributed by atoms with van der Waals surface area (Å²) in [5.74, 6) is 0. The minimum atomic E-state index is 0.732. The second-order valence-electron chi connectivity index (χ2n) is 3.07. The number of rotatable bonds is 3. The lowest BCUT2D eigenvalue weighted by Crippen LogP contribution is -2.38. The van der Waals surface area contributed by atoms with Gasteiger partial charge in [0.05, 0.1) is 0 Å². The van der Waals surface area contributed by atoms with Gasteiger partial charge in [-0.05, 0) is 38.0 Å². The maximum absolute atomic E-state index is 5.37. The van der Waals surface area contributed by atoms with Gasteiger partial charge in [-0.25, -0.2) is 0 Å². The van der Waals surface area contributed by atoms with Gasteiger partial charge < -0.3 is 16.0 Å². The highest BCUT2D eigenvalue weighted by molar-refractivity contribution is 7.80. The highest BCUT2D eigenvalue weighted by Crippen LogP contribution is 2.06. The van der Waals surface area contributed by atoms with Crippen molar-refractivity contribution in [1.29, 1.82) is 0 Å². The van der Waals surface area contributed by atoms with Crippen LogP contribution in [0.15, 0.2) is 0 Å². The van der Waals surface area contributed by atoms with Gasteiger partial charge in [0, 0.05) is 19.6 Å². The molecule has 0 spiro atoms. The van der Waals surface area contributed by atoms with Crippen molar-refractivity contribution in [3.8, 4) is 0 Å². The molecule has 1 saturated heterocycles. The molecule has 0 unspecified atom stereocenters. The highest BCUT2D eigenvalue weighted by Gasteiger charge is 2.13. The standard InChI is InChI=1S/C8H17N3S/c9-4-3-5-10-8(12)11-6-1-2-7-11/h1-7,9H2,(H,10,12). The molecule has 0 aromatic carbocycles. The Balaban J connectivity index is 2.10. The average Bonchev–Trinajstić information content (AvgIpc) is 2.56. The Bertz CT molecular complexity index is 143. The zero-order valence-electron chi connectivity index (χ0n) is 7.38. The first-order chi connectivity index (χ1) is 5.84. The van der Waals surface area contributed by atoms with Crippen LogP contribution in [-0.4, -0.2) is 36.2 Å². The number of nitrogens with one attached hydrogen (secondary N) is 1. The van der Waals surface area contributed by atoms with Gasteiger partial charge in [-0.2, -0.15) is 0 Å². The lowest BCUT2D eigenvalue weighted by atomic mass is 10.4. The molecule has 0 amide bonds. The molecular weight excluding hydrogens is 170 g/mol. The monoisotopic (exact) mass is 187 g/mol. The Hall–Kier alpha value is -0.350. The summed E-state index contributed by atoms with van der Waals surface area (Å²) < 4.78 is 0. The lowest BCUT2D eigenvalue weighted by Gasteiger charge is -2.19. The molecule has 0 aliphatic carbocycles. The molecule has 1 aliphatic rings. The molecule has 3 nitrogen and oxygen atoms in total. The average molecular weight is 187 g/mol. The minimum Gasteiger partial charge on any atom is -0.363 e. The van der Waals surface area contributed by atoms with Crippen molar-refractivity contribution in [3.05, 3.63) is 0 Å². The zero-order valence-corrected chi connectivity index (χ0v) is 8.20. The fourth-order valence-electron chi connectivity index (χ4n) is 1.33. The van der Waals surface area contributed by atoms with Crippen molar-refractivity contribution in [2.45, 2.75) is 19.3 Å². The van der Waals surface area contributed by atoms with E-state index in [4.69, 9.17) is 18.0 Å². The molecule has 0 aromatic heterocycles. The van der Waals surface area contributed by atoms with E-state index in [1.54, 1.807) is 0 Å². The number of nitrogens with zero attached hydrogens (tertiary/aromatic N) is 1. The van der Waals surface area contributed by atoms with Gasteiger partial charge in [0.2, 0.25) is 0 Å². The molecule has 0 atom stereocenters. The van der Waals surface area contributed by atoms with Crippen LogP contribution in [0, 0.1) is 0 Å². The molecule has 1 rings (SSSR count). The van der Waals surface area contributed by atoms with E-state index >= 15 is 0 Å². The van der Waals surface area contributed by atoms with E-state index in [0.29, 0.717) is 0 Å². The summed E-state index contributed by atoms with van der Waals surface area (Å²) in [4.78, 5) is 2.23. The second kappa shape index (κ2) is 5.32. The van der Waals surface area contributed by atoms with Gasteiger partial charge in [-0.15, -0.1) is 0 Å². The van der Waals surface area contributed by atoms with Crippen molar-refractivity contribution in [3.63, 3.8) is 0 Å². The SMILES string of the molecule is NCCCNC(=S)N1CCCC1. The predicted molar refractivity (Wildman–Crippen MR) is 55.1 cm³/mol. The van der Waals surface area contributed by atoms with Crippen molar-refractivity contribution >= 4 is 17.3 Å². The largest absolute Gasteiger partial charge is 0.363 e. The Morgan fingerprint density at radius 1 is 1.42 bits per heavy atom. The maximum atomic E-state index is 5.37. The van der Waals surface area contributed by atoms with E-state index in [-0.39, 0.29) is 0 Å². The number of thiocarbonyl (C=S) groups is 1. The fraction of sp³-hybridized carbons (Fsp3) is 0.875. The summed E-state index contributed by atoms with van der Waals surface area (Å²) >= 11 is 5.20. The first-order valence-corrected chi connectivity index (χ1v) is 4.98. The summed E-state index contributed by atoms with van der Waals surface area (Å²) in [5, 5.41) is 4.11. The summed E-state index contributed by atoms with van der Waals surface area (Å²) in [7, 11) is 0. The topological polar surface area (TPSA) is 41.3 Å². The predicted octanol–water partition coefficient (Wildman–Crippen LogP) is 0.305. The molecule has 0 saturated carbocycles. The van der Waals surface area contributed by atoms with Crippen LogP contribution in [0.3, 0.4) is 0 Å². The molecule has 12 heavy (non-hydrogen) atoms. The van der Waals surface area contributed by atoms with Crippen molar-refractivity contribution < 1.29 is 0 Å². The summed E-state index contributed by atoms with van der Waals surface area (Å²) in [6, 6.07) is 0. The van der Waals surface area contributed by atoms with Crippen molar-refractivity contribution in [1.82, 2.24) is 10.2 Å². The third-order valence-corrected chi connectivity index (χ3v) is 2.45. The quantitative estimate of drug-likeness (QED) is 0.493. The fourth-order valence-corrected chi connectivity index (χ4v) is 1.61. The van der Waals surface area contributed by atoms with Gasteiger partial charge in [0.15, 0.2) is 5.11 Å². The highest BCUT2D eigenvalue weighted by atomic mass is 32.1. The van der Waals surface area contributed by atoms with E-state index in [9.17, 15) is 0 Å². The van der Waals surface area contributed by atoms with Gasteiger partial charge in [0.1, 0.15) is 0 Å². The van der Waals surface area contributed by atoms with Crippen molar-refractivity contribution in [2.75, 3.05) is 26.2 Å². The molecule has 3 N–H and O–H groups in total. The van der Waals surface area contributed by atoms with Crippen molar-refractivity contribution in [2.24, 2.45) is 5.73 Å². The summed E-state index contributed by atoms with van der Waals surface area (Å²) in [6.45, 7) is 3.88. The van der Waals surface area contributed by atoms with E-state index in [1.165, 1.54) is 12.8 Å². The summed E-state index contributed by atoms with van der Waals surface area (Å²) in [6.07, 6.45) is 3.55. The molecule has 1 aliphatic heterocycles.